The van der Waals surface area contributed by atoms with Crippen molar-refractivity contribution in [2.45, 2.75) is 19.4 Å². The first-order valence-electron chi connectivity index (χ1n) is 3.03. The summed E-state index contributed by atoms with van der Waals surface area (Å²) in [7, 11) is 1.65. The van der Waals surface area contributed by atoms with Gasteiger partial charge in [0, 0.05) is 7.05 Å². The van der Waals surface area contributed by atoms with E-state index in [2.05, 4.69) is 5.16 Å². The highest BCUT2D eigenvalue weighted by Gasteiger charge is 2.35. The first-order valence-corrected chi connectivity index (χ1v) is 3.03. The van der Waals surface area contributed by atoms with Crippen molar-refractivity contribution in [3.8, 4) is 0 Å². The summed E-state index contributed by atoms with van der Waals surface area (Å²) in [5.74, 6) is -0.0810. The van der Waals surface area contributed by atoms with Gasteiger partial charge in [-0.1, -0.05) is 5.16 Å². The van der Waals surface area contributed by atoms with Crippen LogP contribution in [0.1, 0.15) is 13.8 Å². The van der Waals surface area contributed by atoms with E-state index in [1.807, 2.05) is 0 Å². The van der Waals surface area contributed by atoms with Crippen molar-refractivity contribution in [1.82, 2.24) is 4.90 Å². The largest absolute Gasteiger partial charge is 0.378 e. The Morgan fingerprint density at radius 2 is 2.30 bits per heavy atom. The zero-order valence-corrected chi connectivity index (χ0v) is 6.29. The smallest absolute Gasteiger partial charge is 0.273 e. The van der Waals surface area contributed by atoms with Gasteiger partial charge in [-0.15, -0.1) is 0 Å². The van der Waals surface area contributed by atoms with Crippen molar-refractivity contribution in [2.75, 3.05) is 7.05 Å². The van der Waals surface area contributed by atoms with Gasteiger partial charge in [0.15, 0.2) is 0 Å². The molecule has 0 radical (unpaired) electrons. The number of amides is 1. The summed E-state index contributed by atoms with van der Waals surface area (Å²) in [5.41, 5.74) is -0.802. The average molecular weight is 142 g/mol. The number of carbonyl (C=O) groups excluding carboxylic acids is 1. The van der Waals surface area contributed by atoms with Crippen LogP contribution >= 0.6 is 0 Å². The van der Waals surface area contributed by atoms with Crippen LogP contribution < -0.4 is 0 Å². The third-order valence-corrected chi connectivity index (χ3v) is 1.34. The summed E-state index contributed by atoms with van der Waals surface area (Å²) in [6.45, 7) is 3.37. The predicted molar refractivity (Wildman–Crippen MR) is 36.4 cm³/mol. The molecule has 56 valence electrons. The van der Waals surface area contributed by atoms with E-state index >= 15 is 0 Å². The Hall–Kier alpha value is -1.06. The highest BCUT2D eigenvalue weighted by atomic mass is 16.7. The minimum atomic E-state index is -0.802. The van der Waals surface area contributed by atoms with E-state index in [0.717, 1.165) is 0 Å². The average Bonchev–Trinajstić information content (AvgIpc) is 1.83. The SMILES string of the molecule is CN1C=NOC(C)(C)C1=O. The number of nitrogens with zero attached hydrogens (tertiary/aromatic N) is 2. The Labute approximate surface area is 59.4 Å². The van der Waals surface area contributed by atoms with Gasteiger partial charge in [-0.05, 0) is 13.8 Å². The zero-order chi connectivity index (χ0) is 7.78. The van der Waals surface area contributed by atoms with E-state index in [-0.39, 0.29) is 5.91 Å². The molecule has 1 heterocycles. The Balaban J connectivity index is 2.85. The number of hydrogen-bond acceptors (Lipinski definition) is 3. The molecular formula is C6H10N2O2. The lowest BCUT2D eigenvalue weighted by Crippen LogP contribution is -2.46. The summed E-state index contributed by atoms with van der Waals surface area (Å²) in [6, 6.07) is 0. The fraction of sp³-hybridized carbons (Fsp3) is 0.667. The van der Waals surface area contributed by atoms with Crippen LogP contribution in [0.3, 0.4) is 0 Å². The van der Waals surface area contributed by atoms with Gasteiger partial charge in [0.05, 0.1) is 0 Å². The van der Waals surface area contributed by atoms with Crippen molar-refractivity contribution < 1.29 is 9.63 Å². The molecule has 10 heavy (non-hydrogen) atoms. The van der Waals surface area contributed by atoms with Gasteiger partial charge in [-0.2, -0.15) is 0 Å². The predicted octanol–water partition coefficient (Wildman–Crippen LogP) is 0.197. The molecule has 0 aromatic rings. The van der Waals surface area contributed by atoms with Crippen LogP contribution in [0, 0.1) is 0 Å². The normalized spacial score (nSPS) is 22.7. The highest BCUT2D eigenvalue weighted by Crippen LogP contribution is 2.15. The third-order valence-electron chi connectivity index (χ3n) is 1.34. The molecular weight excluding hydrogens is 132 g/mol. The first kappa shape index (κ1) is 7.05. The van der Waals surface area contributed by atoms with Crippen LogP contribution in [-0.2, 0) is 9.63 Å². The quantitative estimate of drug-likeness (QED) is 0.484. The van der Waals surface area contributed by atoms with Gasteiger partial charge in [0.1, 0.15) is 6.34 Å². The van der Waals surface area contributed by atoms with Gasteiger partial charge in [0.2, 0.25) is 5.60 Å². The molecule has 1 rings (SSSR count). The molecule has 4 heteroatoms. The zero-order valence-electron chi connectivity index (χ0n) is 6.29. The monoisotopic (exact) mass is 142 g/mol. The highest BCUT2D eigenvalue weighted by molar-refractivity contribution is 5.93. The van der Waals surface area contributed by atoms with Gasteiger partial charge in [-0.3, -0.25) is 9.69 Å². The van der Waals surface area contributed by atoms with Crippen LogP contribution in [0.15, 0.2) is 5.16 Å². The van der Waals surface area contributed by atoms with Crippen LogP contribution in [0.5, 0.6) is 0 Å². The molecule has 0 aromatic heterocycles. The maximum atomic E-state index is 11.2. The molecule has 1 amide bonds. The minimum Gasteiger partial charge on any atom is -0.378 e. The van der Waals surface area contributed by atoms with E-state index in [9.17, 15) is 4.79 Å². The standard InChI is InChI=1S/C6H10N2O2/c1-6(2)5(9)8(3)4-7-10-6/h4H,1-3H3. The summed E-state index contributed by atoms with van der Waals surface area (Å²) in [4.78, 5) is 17.4. The Morgan fingerprint density at radius 1 is 1.70 bits per heavy atom. The molecule has 0 fully saturated rings. The number of rotatable bonds is 0. The fourth-order valence-electron chi connectivity index (χ4n) is 0.742. The first-order chi connectivity index (χ1) is 4.54. The Morgan fingerprint density at radius 3 is 2.70 bits per heavy atom. The molecule has 1 aliphatic heterocycles. The van der Waals surface area contributed by atoms with Crippen LogP contribution in [0.25, 0.3) is 0 Å². The maximum Gasteiger partial charge on any atom is 0.273 e. The molecule has 0 aliphatic carbocycles. The lowest BCUT2D eigenvalue weighted by Gasteiger charge is -2.28. The molecule has 0 unspecified atom stereocenters. The number of carbonyl (C=O) groups is 1. The molecule has 1 aliphatic rings. The Kier molecular flexibility index (Phi) is 1.39. The molecule has 0 atom stereocenters. The second kappa shape index (κ2) is 1.97. The summed E-state index contributed by atoms with van der Waals surface area (Å²) < 4.78 is 0. The summed E-state index contributed by atoms with van der Waals surface area (Å²) in [6.07, 6.45) is 1.35. The molecule has 0 bridgehead atoms. The van der Waals surface area contributed by atoms with Crippen molar-refractivity contribution in [3.05, 3.63) is 0 Å². The van der Waals surface area contributed by atoms with Gasteiger partial charge < -0.3 is 4.84 Å². The molecule has 0 saturated carbocycles. The minimum absolute atomic E-state index is 0.0810. The molecule has 0 spiro atoms. The number of likely N-dealkylation sites (N-methyl/N-ethyl adjacent to an activating group) is 1. The fourth-order valence-corrected chi connectivity index (χ4v) is 0.742. The van der Waals surface area contributed by atoms with Crippen molar-refractivity contribution >= 4 is 12.2 Å². The van der Waals surface area contributed by atoms with Crippen LogP contribution in [0.2, 0.25) is 0 Å². The van der Waals surface area contributed by atoms with Crippen LogP contribution in [-0.4, -0.2) is 29.8 Å². The topological polar surface area (TPSA) is 41.9 Å². The molecule has 0 saturated heterocycles. The number of oxime groups is 1. The van der Waals surface area contributed by atoms with Crippen molar-refractivity contribution in [2.24, 2.45) is 5.16 Å². The summed E-state index contributed by atoms with van der Waals surface area (Å²) >= 11 is 0. The third kappa shape index (κ3) is 0.964. The van der Waals surface area contributed by atoms with Crippen molar-refractivity contribution in [3.63, 3.8) is 0 Å². The second-order valence-electron chi connectivity index (χ2n) is 2.74. The van der Waals surface area contributed by atoms with E-state index in [1.165, 1.54) is 11.2 Å². The van der Waals surface area contributed by atoms with Crippen molar-refractivity contribution in [1.29, 1.82) is 0 Å². The van der Waals surface area contributed by atoms with E-state index < -0.39 is 5.60 Å². The van der Waals surface area contributed by atoms with E-state index in [1.54, 1.807) is 20.9 Å². The lowest BCUT2D eigenvalue weighted by molar-refractivity contribution is -0.152. The maximum absolute atomic E-state index is 11.2. The molecule has 0 N–H and O–H groups in total. The van der Waals surface area contributed by atoms with Gasteiger partial charge in [0.25, 0.3) is 5.91 Å². The molecule has 4 nitrogen and oxygen atoms in total. The van der Waals surface area contributed by atoms with Gasteiger partial charge >= 0.3 is 0 Å². The summed E-state index contributed by atoms with van der Waals surface area (Å²) in [5, 5.41) is 3.54. The lowest BCUT2D eigenvalue weighted by atomic mass is 10.1. The van der Waals surface area contributed by atoms with Crippen LogP contribution in [0.4, 0.5) is 0 Å². The molecule has 0 aromatic carbocycles. The second-order valence-corrected chi connectivity index (χ2v) is 2.74. The number of hydrogen-bond donors (Lipinski definition) is 0. The Bertz CT molecular complexity index is 186. The van der Waals surface area contributed by atoms with E-state index in [0.29, 0.717) is 0 Å². The van der Waals surface area contributed by atoms with Gasteiger partial charge in [-0.25, -0.2) is 0 Å². The van der Waals surface area contributed by atoms with E-state index in [4.69, 9.17) is 4.84 Å².